The van der Waals surface area contributed by atoms with E-state index in [9.17, 15) is 9.59 Å². The van der Waals surface area contributed by atoms with Gasteiger partial charge in [0.1, 0.15) is 6.10 Å². The number of carbonyl (C=O) groups is 2. The van der Waals surface area contributed by atoms with Crippen molar-refractivity contribution >= 4 is 11.9 Å². The Balaban J connectivity index is 1.77. The summed E-state index contributed by atoms with van der Waals surface area (Å²) in [6.07, 6.45) is -1.65. The molecule has 0 aliphatic carbocycles. The highest BCUT2D eigenvalue weighted by Gasteiger charge is 2.42. The molecule has 0 N–H and O–H groups in total. The summed E-state index contributed by atoms with van der Waals surface area (Å²) in [6.45, 7) is 4.83. The highest BCUT2D eigenvalue weighted by Crippen LogP contribution is 2.23. The number of nitrogens with zero attached hydrogens (tertiary/aromatic N) is 1. The highest BCUT2D eigenvalue weighted by molar-refractivity contribution is 5.67. The molecule has 0 saturated carbocycles. The molecular formula is C23H27NO5. The van der Waals surface area contributed by atoms with Crippen LogP contribution < -0.4 is 0 Å². The zero-order chi connectivity index (χ0) is 20.6. The van der Waals surface area contributed by atoms with Crippen LogP contribution in [0.15, 0.2) is 60.7 Å². The van der Waals surface area contributed by atoms with Crippen molar-refractivity contribution in [2.24, 2.45) is 0 Å². The molecule has 1 aliphatic rings. The number of hydrogen-bond donors (Lipinski definition) is 0. The third-order valence-corrected chi connectivity index (χ3v) is 4.78. The van der Waals surface area contributed by atoms with Crippen molar-refractivity contribution in [3.8, 4) is 0 Å². The number of hydrogen-bond acceptors (Lipinski definition) is 6. The first-order valence-corrected chi connectivity index (χ1v) is 9.77. The first-order valence-electron chi connectivity index (χ1n) is 9.77. The molecule has 3 unspecified atom stereocenters. The van der Waals surface area contributed by atoms with Gasteiger partial charge in [0.05, 0.1) is 6.61 Å². The second-order valence-electron chi connectivity index (χ2n) is 7.24. The van der Waals surface area contributed by atoms with E-state index in [2.05, 4.69) is 17.0 Å². The minimum Gasteiger partial charge on any atom is -0.457 e. The number of ether oxygens (including phenoxy) is 3. The van der Waals surface area contributed by atoms with Gasteiger partial charge in [-0.2, -0.15) is 0 Å². The quantitative estimate of drug-likeness (QED) is 0.670. The first-order chi connectivity index (χ1) is 14.0. The van der Waals surface area contributed by atoms with Gasteiger partial charge >= 0.3 is 11.9 Å². The highest BCUT2D eigenvalue weighted by atomic mass is 16.6. The van der Waals surface area contributed by atoms with Crippen molar-refractivity contribution in [3.63, 3.8) is 0 Å². The number of rotatable bonds is 7. The van der Waals surface area contributed by atoms with Gasteiger partial charge in [0.15, 0.2) is 12.2 Å². The molecule has 1 aliphatic heterocycles. The molecule has 0 radical (unpaired) electrons. The van der Waals surface area contributed by atoms with Gasteiger partial charge in [0, 0.05) is 33.5 Å². The molecule has 1 saturated heterocycles. The van der Waals surface area contributed by atoms with E-state index in [4.69, 9.17) is 14.2 Å². The van der Waals surface area contributed by atoms with Crippen LogP contribution in [0, 0.1) is 0 Å². The van der Waals surface area contributed by atoms with E-state index in [0.29, 0.717) is 26.2 Å². The lowest BCUT2D eigenvalue weighted by Crippen LogP contribution is -2.58. The van der Waals surface area contributed by atoms with E-state index >= 15 is 0 Å². The Bertz CT molecular complexity index is 795. The molecule has 2 aromatic carbocycles. The average Bonchev–Trinajstić information content (AvgIpc) is 2.69. The van der Waals surface area contributed by atoms with Crippen LogP contribution >= 0.6 is 0 Å². The van der Waals surface area contributed by atoms with E-state index in [-0.39, 0.29) is 0 Å². The molecule has 154 valence electrons. The van der Waals surface area contributed by atoms with Gasteiger partial charge in [-0.3, -0.25) is 14.5 Å². The molecule has 1 heterocycles. The van der Waals surface area contributed by atoms with E-state index in [1.165, 1.54) is 13.8 Å². The molecule has 29 heavy (non-hydrogen) atoms. The molecule has 2 aromatic rings. The van der Waals surface area contributed by atoms with Crippen molar-refractivity contribution in [3.05, 3.63) is 71.8 Å². The molecule has 0 amide bonds. The van der Waals surface area contributed by atoms with E-state index in [1.54, 1.807) is 0 Å². The second kappa shape index (κ2) is 10.2. The Hall–Kier alpha value is -2.70. The lowest BCUT2D eigenvalue weighted by atomic mass is 10.00. The number of likely N-dealkylation sites (tertiary alicyclic amines) is 1. The number of carbonyl (C=O) groups excluding carboxylic acids is 2. The Morgan fingerprint density at radius 3 is 1.97 bits per heavy atom. The average molecular weight is 397 g/mol. The summed E-state index contributed by atoms with van der Waals surface area (Å²) in [6, 6.07) is 19.9. The third kappa shape index (κ3) is 6.41. The van der Waals surface area contributed by atoms with Crippen LogP contribution in [-0.4, -0.2) is 48.2 Å². The van der Waals surface area contributed by atoms with Crippen molar-refractivity contribution in [1.29, 1.82) is 0 Å². The van der Waals surface area contributed by atoms with Crippen molar-refractivity contribution in [2.45, 2.75) is 45.3 Å². The first kappa shape index (κ1) is 21.0. The van der Waals surface area contributed by atoms with Gasteiger partial charge in [-0.15, -0.1) is 0 Å². The standard InChI is InChI=1S/C23H27NO5/c1-17(25)28-22-15-24(13-19-9-5-3-6-10-19)14-21(23(22)29-18(2)26)27-16-20-11-7-4-8-12-20/h3-12,21-23H,13-16H2,1-2H3. The lowest BCUT2D eigenvalue weighted by Gasteiger charge is -2.42. The molecule has 3 atom stereocenters. The fourth-order valence-electron chi connectivity index (χ4n) is 3.59. The third-order valence-electron chi connectivity index (χ3n) is 4.78. The molecule has 1 fully saturated rings. The van der Waals surface area contributed by atoms with Crippen LogP contribution in [0.1, 0.15) is 25.0 Å². The summed E-state index contributed by atoms with van der Waals surface area (Å²) in [4.78, 5) is 25.5. The van der Waals surface area contributed by atoms with Gasteiger partial charge in [-0.05, 0) is 11.1 Å². The van der Waals surface area contributed by atoms with E-state index < -0.39 is 30.3 Å². The molecule has 3 rings (SSSR count). The Morgan fingerprint density at radius 1 is 0.828 bits per heavy atom. The summed E-state index contributed by atoms with van der Waals surface area (Å²) in [5.74, 6) is -0.826. The van der Waals surface area contributed by atoms with Gasteiger partial charge in [0.2, 0.25) is 0 Å². The summed E-state index contributed by atoms with van der Waals surface area (Å²) < 4.78 is 17.2. The maximum atomic E-state index is 11.7. The zero-order valence-corrected chi connectivity index (χ0v) is 16.8. The van der Waals surface area contributed by atoms with Gasteiger partial charge in [-0.1, -0.05) is 60.7 Å². The van der Waals surface area contributed by atoms with Crippen LogP contribution in [0.2, 0.25) is 0 Å². The van der Waals surface area contributed by atoms with E-state index in [1.807, 2.05) is 48.5 Å². The SMILES string of the molecule is CC(=O)OC1CN(Cc2ccccc2)CC(OCc2ccccc2)C1OC(C)=O. The summed E-state index contributed by atoms with van der Waals surface area (Å²) in [7, 11) is 0. The van der Waals surface area contributed by atoms with Crippen LogP contribution in [0.5, 0.6) is 0 Å². The largest absolute Gasteiger partial charge is 0.457 e. The lowest BCUT2D eigenvalue weighted by molar-refractivity contribution is -0.194. The fraction of sp³-hybridized carbons (Fsp3) is 0.391. The minimum absolute atomic E-state index is 0.384. The predicted octanol–water partition coefficient (Wildman–Crippen LogP) is 2.95. The summed E-state index contributed by atoms with van der Waals surface area (Å²) in [5, 5.41) is 0. The summed E-state index contributed by atoms with van der Waals surface area (Å²) >= 11 is 0. The van der Waals surface area contributed by atoms with Crippen molar-refractivity contribution in [1.82, 2.24) is 4.90 Å². The van der Waals surface area contributed by atoms with Crippen molar-refractivity contribution in [2.75, 3.05) is 13.1 Å². The molecule has 6 heteroatoms. The molecular weight excluding hydrogens is 370 g/mol. The van der Waals surface area contributed by atoms with Crippen LogP contribution in [-0.2, 0) is 37.0 Å². The Morgan fingerprint density at radius 2 is 1.38 bits per heavy atom. The molecule has 6 nitrogen and oxygen atoms in total. The minimum atomic E-state index is -0.646. The smallest absolute Gasteiger partial charge is 0.303 e. The van der Waals surface area contributed by atoms with Crippen LogP contribution in [0.25, 0.3) is 0 Å². The van der Waals surface area contributed by atoms with E-state index in [0.717, 1.165) is 11.1 Å². The van der Waals surface area contributed by atoms with Gasteiger partial charge in [0.25, 0.3) is 0 Å². The normalized spacial score (nSPS) is 22.1. The van der Waals surface area contributed by atoms with Crippen molar-refractivity contribution < 1.29 is 23.8 Å². The maximum absolute atomic E-state index is 11.7. The predicted molar refractivity (Wildman–Crippen MR) is 108 cm³/mol. The van der Waals surface area contributed by atoms with Crippen LogP contribution in [0.3, 0.4) is 0 Å². The molecule has 0 aromatic heterocycles. The Kier molecular flexibility index (Phi) is 7.38. The summed E-state index contributed by atoms with van der Waals surface area (Å²) in [5.41, 5.74) is 2.18. The topological polar surface area (TPSA) is 65.1 Å². The zero-order valence-electron chi connectivity index (χ0n) is 16.8. The monoisotopic (exact) mass is 397 g/mol. The number of piperidine rings is 1. The van der Waals surface area contributed by atoms with Gasteiger partial charge in [-0.25, -0.2) is 0 Å². The maximum Gasteiger partial charge on any atom is 0.303 e. The second-order valence-corrected chi connectivity index (χ2v) is 7.24. The number of esters is 2. The fourth-order valence-corrected chi connectivity index (χ4v) is 3.59. The molecule has 0 spiro atoms. The number of benzene rings is 2. The van der Waals surface area contributed by atoms with Gasteiger partial charge < -0.3 is 14.2 Å². The Labute approximate surface area is 171 Å². The molecule has 0 bridgehead atoms. The van der Waals surface area contributed by atoms with Crippen LogP contribution in [0.4, 0.5) is 0 Å².